The molecule has 1 aliphatic carbocycles. The molecule has 3 aliphatic rings. The minimum Gasteiger partial charge on any atom is -0.396 e. The number of carbonyl (C=O) groups is 1. The number of carbonyl (C=O) groups excluding carboxylic acids is 1. The Morgan fingerprint density at radius 3 is 2.86 bits per heavy atom. The van der Waals surface area contributed by atoms with Crippen LogP contribution in [0.2, 0.25) is 0 Å². The molecule has 0 bridgehead atoms. The molecular weight excluding hydrogens is 282 g/mol. The standard InChI is InChI=1S/C17H21NO4/c1-16(2)21-14-12(10-19)7-8-17(14,22-16)18-9-11-5-3-4-6-13(11)15(18)20/h3-6,12,14,19H,7-10H2,1-2H3. The number of hydrogen-bond acceptors (Lipinski definition) is 4. The lowest BCUT2D eigenvalue weighted by atomic mass is 10.0. The highest BCUT2D eigenvalue weighted by molar-refractivity contribution is 5.98. The lowest BCUT2D eigenvalue weighted by Crippen LogP contribution is -2.54. The predicted octanol–water partition coefficient (Wildman–Crippen LogP) is 1.89. The molecule has 118 valence electrons. The summed E-state index contributed by atoms with van der Waals surface area (Å²) in [6, 6.07) is 7.68. The minimum atomic E-state index is -0.757. The molecular formula is C17H21NO4. The van der Waals surface area contributed by atoms with Crippen LogP contribution in [0.15, 0.2) is 24.3 Å². The number of fused-ring (bicyclic) bond motifs is 2. The zero-order valence-corrected chi connectivity index (χ0v) is 12.9. The van der Waals surface area contributed by atoms with Gasteiger partial charge in [-0.05, 0) is 38.3 Å². The van der Waals surface area contributed by atoms with E-state index in [-0.39, 0.29) is 24.5 Å². The van der Waals surface area contributed by atoms with Crippen LogP contribution in [0, 0.1) is 5.92 Å². The molecule has 0 radical (unpaired) electrons. The number of hydrogen-bond donors (Lipinski definition) is 1. The van der Waals surface area contributed by atoms with Crippen molar-refractivity contribution in [3.63, 3.8) is 0 Å². The summed E-state index contributed by atoms with van der Waals surface area (Å²) in [7, 11) is 0. The van der Waals surface area contributed by atoms with Crippen molar-refractivity contribution in [2.45, 2.75) is 50.8 Å². The molecule has 1 saturated heterocycles. The van der Waals surface area contributed by atoms with Crippen LogP contribution >= 0.6 is 0 Å². The quantitative estimate of drug-likeness (QED) is 0.906. The Bertz CT molecular complexity index is 629. The topological polar surface area (TPSA) is 59.0 Å². The number of nitrogens with zero attached hydrogens (tertiary/aromatic N) is 1. The Labute approximate surface area is 129 Å². The smallest absolute Gasteiger partial charge is 0.256 e. The van der Waals surface area contributed by atoms with Gasteiger partial charge in [0.25, 0.3) is 5.91 Å². The first-order valence-electron chi connectivity index (χ1n) is 7.85. The van der Waals surface area contributed by atoms with Gasteiger partial charge < -0.3 is 19.5 Å². The molecule has 3 unspecified atom stereocenters. The second-order valence-electron chi connectivity index (χ2n) is 6.91. The fraction of sp³-hybridized carbons (Fsp3) is 0.588. The van der Waals surface area contributed by atoms with E-state index in [1.54, 1.807) is 0 Å². The average molecular weight is 303 g/mol. The third-order valence-electron chi connectivity index (χ3n) is 5.09. The van der Waals surface area contributed by atoms with Crippen LogP contribution in [-0.4, -0.2) is 40.1 Å². The number of aliphatic hydroxyl groups is 1. The molecule has 2 aliphatic heterocycles. The van der Waals surface area contributed by atoms with Crippen LogP contribution in [-0.2, 0) is 16.0 Å². The van der Waals surface area contributed by atoms with Crippen LogP contribution in [0.4, 0.5) is 0 Å². The van der Waals surface area contributed by atoms with Crippen molar-refractivity contribution in [1.29, 1.82) is 0 Å². The van der Waals surface area contributed by atoms with E-state index in [9.17, 15) is 9.90 Å². The fourth-order valence-electron chi connectivity index (χ4n) is 4.20. The average Bonchev–Trinajstić information content (AvgIpc) is 3.07. The molecule has 0 aromatic heterocycles. The summed E-state index contributed by atoms with van der Waals surface area (Å²) in [5.41, 5.74) is 1.02. The molecule has 1 amide bonds. The molecule has 3 atom stereocenters. The SMILES string of the molecule is CC1(C)OC2C(CO)CCC2(N2Cc3ccccc3C2=O)O1. The largest absolute Gasteiger partial charge is 0.396 e. The fourth-order valence-corrected chi connectivity index (χ4v) is 4.20. The molecule has 1 saturated carbocycles. The zero-order valence-electron chi connectivity index (χ0n) is 12.9. The maximum atomic E-state index is 12.9. The summed E-state index contributed by atoms with van der Waals surface area (Å²) in [6.07, 6.45) is 1.23. The van der Waals surface area contributed by atoms with Crippen molar-refractivity contribution in [3.8, 4) is 0 Å². The number of benzene rings is 1. The van der Waals surface area contributed by atoms with Gasteiger partial charge in [-0.1, -0.05) is 18.2 Å². The summed E-state index contributed by atoms with van der Waals surface area (Å²) < 4.78 is 12.3. The summed E-state index contributed by atoms with van der Waals surface area (Å²) in [5, 5.41) is 9.64. The van der Waals surface area contributed by atoms with Crippen LogP contribution in [0.1, 0.15) is 42.6 Å². The Balaban J connectivity index is 1.74. The lowest BCUT2D eigenvalue weighted by Gasteiger charge is -2.37. The minimum absolute atomic E-state index is 0.000454. The van der Waals surface area contributed by atoms with E-state index < -0.39 is 11.5 Å². The molecule has 22 heavy (non-hydrogen) atoms. The Hall–Kier alpha value is -1.43. The Morgan fingerprint density at radius 2 is 2.14 bits per heavy atom. The number of ether oxygens (including phenoxy) is 2. The van der Waals surface area contributed by atoms with Crippen LogP contribution in [0.3, 0.4) is 0 Å². The van der Waals surface area contributed by atoms with Gasteiger partial charge in [-0.15, -0.1) is 0 Å². The number of aliphatic hydroxyl groups excluding tert-OH is 1. The monoisotopic (exact) mass is 303 g/mol. The van der Waals surface area contributed by atoms with Gasteiger partial charge in [-0.2, -0.15) is 0 Å². The summed E-state index contributed by atoms with van der Waals surface area (Å²) in [5.74, 6) is -0.730. The van der Waals surface area contributed by atoms with E-state index in [1.165, 1.54) is 0 Å². The normalized spacial score (nSPS) is 35.8. The molecule has 1 aromatic rings. The van der Waals surface area contributed by atoms with Crippen molar-refractivity contribution < 1.29 is 19.4 Å². The van der Waals surface area contributed by atoms with Crippen molar-refractivity contribution in [2.75, 3.05) is 6.61 Å². The molecule has 2 heterocycles. The molecule has 0 spiro atoms. The van der Waals surface area contributed by atoms with E-state index >= 15 is 0 Å². The van der Waals surface area contributed by atoms with Crippen LogP contribution < -0.4 is 0 Å². The third kappa shape index (κ3) is 1.79. The van der Waals surface area contributed by atoms with Gasteiger partial charge in [0, 0.05) is 24.6 Å². The van der Waals surface area contributed by atoms with Crippen LogP contribution in [0.25, 0.3) is 0 Å². The number of amides is 1. The third-order valence-corrected chi connectivity index (χ3v) is 5.09. The van der Waals surface area contributed by atoms with Gasteiger partial charge >= 0.3 is 0 Å². The first-order chi connectivity index (χ1) is 10.5. The van der Waals surface area contributed by atoms with E-state index in [4.69, 9.17) is 9.47 Å². The highest BCUT2D eigenvalue weighted by atomic mass is 16.8. The first kappa shape index (κ1) is 14.2. The second-order valence-corrected chi connectivity index (χ2v) is 6.91. The van der Waals surface area contributed by atoms with Gasteiger partial charge in [-0.25, -0.2) is 0 Å². The van der Waals surface area contributed by atoms with E-state index in [0.29, 0.717) is 13.0 Å². The summed E-state index contributed by atoms with van der Waals surface area (Å²) in [6.45, 7) is 4.34. The highest BCUT2D eigenvalue weighted by Crippen LogP contribution is 2.52. The lowest BCUT2D eigenvalue weighted by molar-refractivity contribution is -0.196. The molecule has 5 nitrogen and oxygen atoms in total. The van der Waals surface area contributed by atoms with Crippen molar-refractivity contribution in [2.24, 2.45) is 5.92 Å². The molecule has 4 rings (SSSR count). The molecule has 1 aromatic carbocycles. The van der Waals surface area contributed by atoms with Crippen molar-refractivity contribution in [1.82, 2.24) is 4.90 Å². The zero-order chi connectivity index (χ0) is 15.5. The van der Waals surface area contributed by atoms with Gasteiger partial charge in [0.2, 0.25) is 0 Å². The molecule has 1 N–H and O–H groups in total. The van der Waals surface area contributed by atoms with E-state index in [1.807, 2.05) is 43.0 Å². The van der Waals surface area contributed by atoms with Gasteiger partial charge in [-0.3, -0.25) is 4.79 Å². The number of rotatable bonds is 2. The first-order valence-corrected chi connectivity index (χ1v) is 7.85. The second kappa shape index (κ2) is 4.54. The van der Waals surface area contributed by atoms with Gasteiger partial charge in [0.05, 0.1) is 0 Å². The van der Waals surface area contributed by atoms with Crippen LogP contribution in [0.5, 0.6) is 0 Å². The van der Waals surface area contributed by atoms with Gasteiger partial charge in [0.15, 0.2) is 11.5 Å². The van der Waals surface area contributed by atoms with E-state index in [0.717, 1.165) is 17.5 Å². The summed E-state index contributed by atoms with van der Waals surface area (Å²) in [4.78, 5) is 14.7. The van der Waals surface area contributed by atoms with Crippen molar-refractivity contribution in [3.05, 3.63) is 35.4 Å². The molecule has 5 heteroatoms. The van der Waals surface area contributed by atoms with Gasteiger partial charge in [0.1, 0.15) is 6.10 Å². The van der Waals surface area contributed by atoms with E-state index in [2.05, 4.69) is 0 Å². The Morgan fingerprint density at radius 1 is 1.36 bits per heavy atom. The molecule has 2 fully saturated rings. The van der Waals surface area contributed by atoms with Crippen molar-refractivity contribution >= 4 is 5.91 Å². The Kier molecular flexibility index (Phi) is 2.92. The predicted molar refractivity (Wildman–Crippen MR) is 78.9 cm³/mol. The maximum absolute atomic E-state index is 12.9. The highest BCUT2D eigenvalue weighted by Gasteiger charge is 2.64. The summed E-state index contributed by atoms with van der Waals surface area (Å²) >= 11 is 0. The maximum Gasteiger partial charge on any atom is 0.256 e.